The maximum Gasteiger partial charge on any atom is 0.266 e. The summed E-state index contributed by atoms with van der Waals surface area (Å²) in [6.07, 6.45) is 20.2. The standard InChI is InChI=1S/C25H31N5O2.C21H19FN6OS.C18H17N5O.C18H20N4OS.C17H16ClFN4O.C10H12FN3OS/c26-24-29-25(19-11-3-1-4-12-19,20-13-5-2-6-14-20)23(32)30(24)18-10-9-17-28-22(31)21-15-7-8-16-27-21;1-20(17-9-15(11-30-17)13-4-5-16(22)14(8-13)10-23)21(2,28-7-6-25-12-28)18(29)27(3)19(24)26-20;1-18(8-16(24)23(2)17(20)22-18)15-7-14(10-21-11-15)13-5-3-4-12(6-13)9-19;1-18(7-16(23)22(2)17(19)21-18)15-6-14(10-24-15)13-5-12(8-20-9-13)11-3-4-11;1-17(9-15(24)23(2)16(20)22-17)14-5-3-4-13(21-14)10-6-7-12(19)11(18)8-10;1-10(8-6(11)3-4-16-8)5-7(15)14(2)9(12)13-10/h1-6,11-14,21,27H,7-10,15-18H2,(H2,26,29)(H,28,31);4-9,11-12H,1-3H3,(H2,24,26);3-7,10-11H,8H2,1-2H3,(H2,20,22);5-6,8-11H,3-4,7H2,1-2H3,(H2,19,21);3-8H,9H2,1-2H3,(H2,20,22);3-4H,5H2,1-2H3,(H2,12,13)/t;20-,21?;2*18-;17-;10-/m.10000/s1. The number of piperidine rings is 1. The molecule has 34 nitrogen and oxygen atoms in total. The van der Waals surface area contributed by atoms with E-state index < -0.39 is 50.4 Å². The fraction of sp³-hybridized carbons (Fsp3) is 0.312. The molecule has 150 heavy (non-hydrogen) atoms. The van der Waals surface area contributed by atoms with Crippen LogP contribution in [0.25, 0.3) is 44.6 Å². The number of nitrogens with two attached hydrogens (primary N) is 6. The molecule has 41 heteroatoms. The second kappa shape index (κ2) is 45.0. The molecule has 2 fully saturated rings. The van der Waals surface area contributed by atoms with Crippen molar-refractivity contribution in [2.75, 3.05) is 54.9 Å². The van der Waals surface area contributed by atoms with Gasteiger partial charge in [0.25, 0.3) is 11.8 Å². The molecule has 14 N–H and O–H groups in total. The average Bonchev–Trinajstić information content (AvgIpc) is 1.34. The highest BCUT2D eigenvalue weighted by Crippen LogP contribution is 2.51. The number of guanidine groups is 6. The molecule has 2 unspecified atom stereocenters. The van der Waals surface area contributed by atoms with Gasteiger partial charge in [-0.3, -0.25) is 77.9 Å². The Morgan fingerprint density at radius 2 is 1.05 bits per heavy atom. The molecule has 5 aromatic carbocycles. The van der Waals surface area contributed by atoms with Crippen LogP contribution in [0.4, 0.5) is 13.2 Å². The van der Waals surface area contributed by atoms with Crippen molar-refractivity contribution in [3.8, 4) is 56.8 Å². The van der Waals surface area contributed by atoms with Crippen molar-refractivity contribution in [3.05, 3.63) is 306 Å². The van der Waals surface area contributed by atoms with Gasteiger partial charge in [-0.25, -0.2) is 48.1 Å². The summed E-state index contributed by atoms with van der Waals surface area (Å²) >= 11 is 10.1. The van der Waals surface area contributed by atoms with Crippen molar-refractivity contribution < 1.29 is 46.7 Å². The highest BCUT2D eigenvalue weighted by Gasteiger charge is 2.59. The van der Waals surface area contributed by atoms with E-state index in [1.54, 1.807) is 136 Å². The van der Waals surface area contributed by atoms with Gasteiger partial charge in [0.1, 0.15) is 45.7 Å². The first-order valence-corrected chi connectivity index (χ1v) is 51.3. The molecule has 1 aliphatic carbocycles. The lowest BCUT2D eigenvalue weighted by Crippen LogP contribution is -2.64. The Balaban J connectivity index is 0.000000136. The van der Waals surface area contributed by atoms with Crippen LogP contribution in [0.1, 0.15) is 172 Å². The largest absolute Gasteiger partial charge is 0.369 e. The van der Waals surface area contributed by atoms with Crippen molar-refractivity contribution in [2.45, 2.75) is 163 Å². The smallest absolute Gasteiger partial charge is 0.266 e. The summed E-state index contributed by atoms with van der Waals surface area (Å²) in [6, 6.07) is 54.2. The van der Waals surface area contributed by atoms with Crippen LogP contribution in [0.5, 0.6) is 0 Å². The van der Waals surface area contributed by atoms with Gasteiger partial charge >= 0.3 is 0 Å². The first-order valence-electron chi connectivity index (χ1n) is 48.3. The van der Waals surface area contributed by atoms with Crippen molar-refractivity contribution >= 4 is 123 Å². The molecule has 0 spiro atoms. The van der Waals surface area contributed by atoms with Gasteiger partial charge in [0.2, 0.25) is 29.5 Å². The summed E-state index contributed by atoms with van der Waals surface area (Å²) in [7, 11) is 8.02. The third kappa shape index (κ3) is 22.8. The molecule has 7 amide bonds. The number of nitriles is 2. The zero-order valence-corrected chi connectivity index (χ0v) is 87.8. The fourth-order valence-electron chi connectivity index (χ4n) is 18.4. The van der Waals surface area contributed by atoms with Gasteiger partial charge < -0.3 is 49.6 Å². The molecule has 14 heterocycles. The van der Waals surface area contributed by atoms with Crippen LogP contribution < -0.4 is 45.0 Å². The minimum atomic E-state index is -1.16. The van der Waals surface area contributed by atoms with Crippen LogP contribution in [0.2, 0.25) is 5.02 Å². The lowest BCUT2D eigenvalue weighted by atomic mass is 9.75. The van der Waals surface area contributed by atoms with Gasteiger partial charge in [0, 0.05) is 112 Å². The number of aliphatic imine (C=N–C) groups is 6. The van der Waals surface area contributed by atoms with E-state index in [-0.39, 0.29) is 119 Å². The minimum absolute atomic E-state index is 0.00246. The molecule has 7 aromatic heterocycles. The van der Waals surface area contributed by atoms with Crippen LogP contribution in [-0.2, 0) is 72.3 Å². The summed E-state index contributed by atoms with van der Waals surface area (Å²) in [5.41, 5.74) is 41.0. The number of thiophene rings is 3. The predicted molar refractivity (Wildman–Crippen MR) is 575 cm³/mol. The number of nitrogens with one attached hydrogen (secondary N) is 2. The first kappa shape index (κ1) is 108. The quantitative estimate of drug-likeness (QED) is 0.0349. The number of nitrogens with zero attached hydrogens (tertiary/aromatic N) is 19. The lowest BCUT2D eigenvalue weighted by molar-refractivity contribution is -0.140. The molecule has 8 aliphatic rings. The van der Waals surface area contributed by atoms with E-state index in [2.05, 4.69) is 74.1 Å². The predicted octanol–water partition coefficient (Wildman–Crippen LogP) is 14.5. The molecule has 1 saturated heterocycles. The van der Waals surface area contributed by atoms with Crippen LogP contribution in [0.3, 0.4) is 0 Å². The molecule has 7 atom stereocenters. The Kier molecular flexibility index (Phi) is 32.4. The summed E-state index contributed by atoms with van der Waals surface area (Å²) < 4.78 is 42.3. The van der Waals surface area contributed by atoms with E-state index in [9.17, 15) is 46.7 Å². The summed E-state index contributed by atoms with van der Waals surface area (Å²) in [4.78, 5) is 143. The molecule has 7 aliphatic heterocycles. The van der Waals surface area contributed by atoms with Gasteiger partial charge in [0.15, 0.2) is 46.8 Å². The number of hydrogen-bond donors (Lipinski definition) is 8. The highest BCUT2D eigenvalue weighted by atomic mass is 35.5. The number of likely N-dealkylation sites (N-methyl/N-ethyl adjacent to an activating group) is 1. The van der Waals surface area contributed by atoms with E-state index in [0.717, 1.165) is 92.9 Å². The molecular weight excluding hydrogens is 1990 g/mol. The fourth-order valence-corrected chi connectivity index (χ4v) is 21.6. The number of halogens is 4. The minimum Gasteiger partial charge on any atom is -0.369 e. The normalized spacial score (nSPS) is 22.3. The van der Waals surface area contributed by atoms with Crippen LogP contribution >= 0.6 is 45.6 Å². The number of amides is 7. The molecular formula is C109H115ClF3N27O7S3. The Labute approximate surface area is 883 Å². The molecule has 1 saturated carbocycles. The van der Waals surface area contributed by atoms with Crippen molar-refractivity contribution in [1.82, 2.24) is 64.5 Å². The van der Waals surface area contributed by atoms with E-state index >= 15 is 0 Å². The monoisotopic (exact) mass is 2100 g/mol. The van der Waals surface area contributed by atoms with Crippen LogP contribution in [0, 0.1) is 40.1 Å². The Morgan fingerprint density at radius 3 is 1.65 bits per heavy atom. The van der Waals surface area contributed by atoms with Gasteiger partial charge in [-0.05, 0) is 238 Å². The number of hydrogen-bond acceptors (Lipinski definition) is 29. The van der Waals surface area contributed by atoms with Gasteiger partial charge in [-0.1, -0.05) is 103 Å². The average molecular weight is 2100 g/mol. The van der Waals surface area contributed by atoms with E-state index in [1.807, 2.05) is 149 Å². The number of pyridine rings is 3. The summed E-state index contributed by atoms with van der Waals surface area (Å²) in [5, 5.41) is 30.1. The third-order valence-electron chi connectivity index (χ3n) is 28.0. The number of carbonyl (C=O) groups is 7. The molecule has 12 aromatic rings. The van der Waals surface area contributed by atoms with Crippen molar-refractivity contribution in [2.24, 2.45) is 64.4 Å². The SMILES string of the molecule is CN1C(=O)C(C)(n2ccnc2)[C@@](C)(c2cc(-c3ccc(F)c(C#N)c3)cs2)N=C1N.CN1C(=O)C[C@@](C)(c2cc(-c3cncc(C4CC4)c3)cs2)N=C1N.CN1C(=O)C[C@@](C)(c2cccc(-c3ccc(F)c(Cl)c3)n2)N=C1N.CN1C(=O)C[C@@](C)(c2cncc(-c3cccc(C#N)c3)c2)N=C1N.CN1C(=O)C[C@@](C)(c2sccc2F)N=C1N.NC1=NC(c2ccccc2)(c2ccccc2)C(=O)N1CCCCNC(=O)C1CCCCN1. The van der Waals surface area contributed by atoms with E-state index in [0.29, 0.717) is 58.4 Å². The second-order valence-electron chi connectivity index (χ2n) is 38.6. The number of aromatic nitrogens is 5. The van der Waals surface area contributed by atoms with E-state index in [1.165, 1.54) is 95.9 Å². The van der Waals surface area contributed by atoms with Gasteiger partial charge in [-0.2, -0.15) is 10.5 Å². The maximum atomic E-state index is 13.7. The summed E-state index contributed by atoms with van der Waals surface area (Å²) in [5.74, 6) is -0.200. The number of carbonyl (C=O) groups excluding carboxylic acids is 7. The number of imidazole rings is 1. The Hall–Kier alpha value is -16.0. The van der Waals surface area contributed by atoms with Crippen molar-refractivity contribution in [1.29, 1.82) is 10.5 Å². The zero-order valence-electron chi connectivity index (χ0n) is 84.5. The Bertz CT molecular complexity index is 7380. The van der Waals surface area contributed by atoms with Gasteiger partial charge in [-0.15, -0.1) is 34.0 Å². The van der Waals surface area contributed by atoms with E-state index in [4.69, 9.17) is 66.5 Å². The number of benzene rings is 5. The highest BCUT2D eigenvalue weighted by molar-refractivity contribution is 7.11. The van der Waals surface area contributed by atoms with Crippen LogP contribution in [-0.4, -0.2) is 192 Å². The summed E-state index contributed by atoms with van der Waals surface area (Å²) in [6.45, 7) is 13.0. The molecule has 0 radical (unpaired) electrons. The Morgan fingerprint density at radius 1 is 0.493 bits per heavy atom. The van der Waals surface area contributed by atoms with Gasteiger partial charge in [0.05, 0.1) is 82.1 Å². The maximum absolute atomic E-state index is 13.7. The molecule has 774 valence electrons. The first-order chi connectivity index (χ1) is 71.5. The lowest BCUT2D eigenvalue weighted by Gasteiger charge is -2.47. The molecule has 20 rings (SSSR count). The second-order valence-corrected chi connectivity index (χ2v) is 41.7. The topological polar surface area (TPSA) is 497 Å². The molecule has 0 bridgehead atoms. The zero-order chi connectivity index (χ0) is 108. The van der Waals surface area contributed by atoms with Crippen molar-refractivity contribution in [3.63, 3.8) is 0 Å². The number of unbranched alkanes of at least 4 members (excludes halogenated alkanes) is 1. The number of rotatable bonds is 19. The third-order valence-corrected chi connectivity index (χ3v) is 31.7. The van der Waals surface area contributed by atoms with Crippen LogP contribution in [0.15, 0.2) is 259 Å².